The Balaban J connectivity index is 2.88. The molecule has 116 valence electrons. The summed E-state index contributed by atoms with van der Waals surface area (Å²) in [7, 11) is 0. The number of aliphatic carboxylic acids is 1. The van der Waals surface area contributed by atoms with Gasteiger partial charge in [0.15, 0.2) is 0 Å². The quantitative estimate of drug-likeness (QED) is 0.808. The Labute approximate surface area is 129 Å². The van der Waals surface area contributed by atoms with Gasteiger partial charge in [0, 0.05) is 10.9 Å². The molecule has 6 heteroatoms. The molecular weight excluding hydrogens is 294 g/mol. The monoisotopic (exact) mass is 313 g/mol. The highest BCUT2D eigenvalue weighted by molar-refractivity contribution is 6.31. The van der Waals surface area contributed by atoms with Crippen molar-refractivity contribution in [1.82, 2.24) is 0 Å². The second-order valence-electron chi connectivity index (χ2n) is 4.89. The van der Waals surface area contributed by atoms with Crippen LogP contribution in [0.15, 0.2) is 18.2 Å². The molecule has 0 fully saturated rings. The maximum absolute atomic E-state index is 12.1. The number of benzene rings is 1. The van der Waals surface area contributed by atoms with Gasteiger partial charge in [0.05, 0.1) is 18.2 Å². The molecule has 21 heavy (non-hydrogen) atoms. The van der Waals surface area contributed by atoms with E-state index in [-0.39, 0.29) is 5.91 Å². The molecule has 2 unspecified atom stereocenters. The number of amides is 1. The van der Waals surface area contributed by atoms with Gasteiger partial charge >= 0.3 is 5.97 Å². The number of nitrogens with one attached hydrogen (secondary N) is 1. The third kappa shape index (κ3) is 4.93. The highest BCUT2D eigenvalue weighted by Gasteiger charge is 2.26. The smallest absolute Gasteiger partial charge is 0.307 e. The number of carbonyl (C=O) groups excluding carboxylic acids is 1. The van der Waals surface area contributed by atoms with Crippen LogP contribution < -0.4 is 10.1 Å². The molecule has 0 radical (unpaired) electrons. The van der Waals surface area contributed by atoms with Crippen molar-refractivity contribution in [3.05, 3.63) is 23.2 Å². The van der Waals surface area contributed by atoms with Gasteiger partial charge in [-0.15, -0.1) is 0 Å². The van der Waals surface area contributed by atoms with Gasteiger partial charge in [-0.1, -0.05) is 32.4 Å². The molecule has 0 bridgehead atoms. The second-order valence-corrected chi connectivity index (χ2v) is 5.33. The number of ether oxygens (including phenoxy) is 1. The zero-order valence-electron chi connectivity index (χ0n) is 12.4. The summed E-state index contributed by atoms with van der Waals surface area (Å²) in [5.74, 6) is -2.31. The van der Waals surface area contributed by atoms with E-state index in [1.807, 2.05) is 6.92 Å². The van der Waals surface area contributed by atoms with Crippen LogP contribution in [0.4, 0.5) is 5.69 Å². The van der Waals surface area contributed by atoms with Gasteiger partial charge in [0.2, 0.25) is 5.91 Å². The van der Waals surface area contributed by atoms with Crippen LogP contribution in [0, 0.1) is 11.8 Å². The average Bonchev–Trinajstić information content (AvgIpc) is 2.44. The Morgan fingerprint density at radius 2 is 2.00 bits per heavy atom. The number of carboxylic acid groups (broad SMARTS) is 1. The molecular formula is C15H20ClNO4. The van der Waals surface area contributed by atoms with Crippen LogP contribution in [0.5, 0.6) is 5.75 Å². The molecule has 0 saturated carbocycles. The largest absolute Gasteiger partial charge is 0.491 e. The van der Waals surface area contributed by atoms with E-state index in [2.05, 4.69) is 5.32 Å². The van der Waals surface area contributed by atoms with Gasteiger partial charge in [-0.2, -0.15) is 0 Å². The fourth-order valence-corrected chi connectivity index (χ4v) is 1.80. The first kappa shape index (κ1) is 17.3. The SMILES string of the molecule is CCCOc1ccc(Cl)cc1NC(=O)C(C)C(C)C(=O)O. The summed E-state index contributed by atoms with van der Waals surface area (Å²) in [6, 6.07) is 4.94. The Morgan fingerprint density at radius 3 is 2.57 bits per heavy atom. The maximum atomic E-state index is 12.1. The Morgan fingerprint density at radius 1 is 1.33 bits per heavy atom. The number of hydrogen-bond donors (Lipinski definition) is 2. The summed E-state index contributed by atoms with van der Waals surface area (Å²) in [5, 5.41) is 12.1. The molecule has 0 saturated heterocycles. The van der Waals surface area contributed by atoms with Crippen molar-refractivity contribution in [2.75, 3.05) is 11.9 Å². The number of rotatable bonds is 7. The Bertz CT molecular complexity index is 518. The van der Waals surface area contributed by atoms with Gasteiger partial charge in [0.1, 0.15) is 5.75 Å². The minimum absolute atomic E-state index is 0.381. The first-order valence-corrected chi connectivity index (χ1v) is 7.20. The van der Waals surface area contributed by atoms with Gasteiger partial charge < -0.3 is 15.2 Å². The molecule has 1 rings (SSSR count). The average molecular weight is 314 g/mol. The van der Waals surface area contributed by atoms with E-state index in [0.29, 0.717) is 23.1 Å². The molecule has 0 aliphatic heterocycles. The van der Waals surface area contributed by atoms with Crippen LogP contribution in [-0.2, 0) is 9.59 Å². The lowest BCUT2D eigenvalue weighted by atomic mass is 9.95. The van der Waals surface area contributed by atoms with E-state index in [4.69, 9.17) is 21.4 Å². The minimum Gasteiger partial charge on any atom is -0.491 e. The van der Waals surface area contributed by atoms with Crippen LogP contribution in [0.3, 0.4) is 0 Å². The zero-order valence-corrected chi connectivity index (χ0v) is 13.1. The van der Waals surface area contributed by atoms with E-state index in [9.17, 15) is 9.59 Å². The number of hydrogen-bond acceptors (Lipinski definition) is 3. The molecule has 1 aromatic rings. The predicted octanol–water partition coefficient (Wildman–Crippen LogP) is 3.42. The number of carboxylic acids is 1. The molecule has 0 aliphatic rings. The lowest BCUT2D eigenvalue weighted by Crippen LogP contribution is -2.30. The lowest BCUT2D eigenvalue weighted by molar-refractivity contribution is -0.145. The van der Waals surface area contributed by atoms with Crippen molar-refractivity contribution >= 4 is 29.2 Å². The standard InChI is InChI=1S/C15H20ClNO4/c1-4-7-21-13-6-5-11(16)8-12(13)17-14(18)9(2)10(3)15(19)20/h5-6,8-10H,4,7H2,1-3H3,(H,17,18)(H,19,20). The van der Waals surface area contributed by atoms with Crippen LogP contribution in [0.2, 0.25) is 5.02 Å². The van der Waals surface area contributed by atoms with Crippen molar-refractivity contribution in [2.45, 2.75) is 27.2 Å². The van der Waals surface area contributed by atoms with Gasteiger partial charge in [-0.05, 0) is 24.6 Å². The molecule has 1 amide bonds. The number of anilines is 1. The highest BCUT2D eigenvalue weighted by atomic mass is 35.5. The molecule has 1 aromatic carbocycles. The summed E-state index contributed by atoms with van der Waals surface area (Å²) in [6.45, 7) is 5.57. The van der Waals surface area contributed by atoms with E-state index >= 15 is 0 Å². The van der Waals surface area contributed by atoms with Crippen LogP contribution in [0.1, 0.15) is 27.2 Å². The molecule has 5 nitrogen and oxygen atoms in total. The lowest BCUT2D eigenvalue weighted by Gasteiger charge is -2.18. The van der Waals surface area contributed by atoms with E-state index in [1.165, 1.54) is 6.92 Å². The third-order valence-corrected chi connectivity index (χ3v) is 3.45. The fourth-order valence-electron chi connectivity index (χ4n) is 1.63. The first-order valence-electron chi connectivity index (χ1n) is 6.82. The van der Waals surface area contributed by atoms with E-state index < -0.39 is 17.8 Å². The van der Waals surface area contributed by atoms with Crippen molar-refractivity contribution in [3.63, 3.8) is 0 Å². The second kappa shape index (κ2) is 7.88. The predicted molar refractivity (Wildman–Crippen MR) is 81.8 cm³/mol. The first-order chi connectivity index (χ1) is 9.86. The van der Waals surface area contributed by atoms with Crippen molar-refractivity contribution in [2.24, 2.45) is 11.8 Å². The molecule has 2 N–H and O–H groups in total. The van der Waals surface area contributed by atoms with Crippen molar-refractivity contribution < 1.29 is 19.4 Å². The maximum Gasteiger partial charge on any atom is 0.307 e. The summed E-state index contributed by atoms with van der Waals surface area (Å²) < 4.78 is 5.54. The summed E-state index contributed by atoms with van der Waals surface area (Å²) in [4.78, 5) is 23.1. The van der Waals surface area contributed by atoms with Gasteiger partial charge in [-0.25, -0.2) is 0 Å². The van der Waals surface area contributed by atoms with Gasteiger partial charge in [-0.3, -0.25) is 9.59 Å². The summed E-state index contributed by atoms with van der Waals surface area (Å²) in [6.07, 6.45) is 0.836. The Kier molecular flexibility index (Phi) is 6.49. The van der Waals surface area contributed by atoms with Crippen LogP contribution in [0.25, 0.3) is 0 Å². The van der Waals surface area contributed by atoms with E-state index in [0.717, 1.165) is 6.42 Å². The van der Waals surface area contributed by atoms with Crippen LogP contribution >= 0.6 is 11.6 Å². The van der Waals surface area contributed by atoms with Crippen molar-refractivity contribution in [3.8, 4) is 5.75 Å². The molecule has 0 spiro atoms. The zero-order chi connectivity index (χ0) is 16.0. The van der Waals surface area contributed by atoms with E-state index in [1.54, 1.807) is 25.1 Å². The molecule has 0 aliphatic carbocycles. The summed E-state index contributed by atoms with van der Waals surface area (Å²) >= 11 is 5.93. The molecule has 0 aromatic heterocycles. The number of carbonyl (C=O) groups is 2. The molecule has 2 atom stereocenters. The molecule has 0 heterocycles. The van der Waals surface area contributed by atoms with Gasteiger partial charge in [0.25, 0.3) is 0 Å². The highest BCUT2D eigenvalue weighted by Crippen LogP contribution is 2.29. The number of halogens is 1. The topological polar surface area (TPSA) is 75.6 Å². The Hall–Kier alpha value is -1.75. The normalized spacial score (nSPS) is 13.3. The third-order valence-electron chi connectivity index (χ3n) is 3.21. The summed E-state index contributed by atoms with van der Waals surface area (Å²) in [5.41, 5.74) is 0.449. The van der Waals surface area contributed by atoms with Crippen LogP contribution in [-0.4, -0.2) is 23.6 Å². The minimum atomic E-state index is -1.01. The van der Waals surface area contributed by atoms with Crippen molar-refractivity contribution in [1.29, 1.82) is 0 Å². The fraction of sp³-hybridized carbons (Fsp3) is 0.467.